The summed E-state index contributed by atoms with van der Waals surface area (Å²) in [5, 5.41) is -0.386. The third-order valence-corrected chi connectivity index (χ3v) is 3.57. The Bertz CT molecular complexity index is 205. The van der Waals surface area contributed by atoms with Crippen LogP contribution in [0.5, 0.6) is 0 Å². The van der Waals surface area contributed by atoms with Crippen LogP contribution in [-0.2, 0) is 4.79 Å². The van der Waals surface area contributed by atoms with Gasteiger partial charge in [-0.25, -0.2) is 0 Å². The molecule has 0 bridgehead atoms. The lowest BCUT2D eigenvalue weighted by molar-refractivity contribution is -0.132. The van der Waals surface area contributed by atoms with Crippen molar-refractivity contribution in [1.29, 1.82) is 0 Å². The first-order valence-corrected chi connectivity index (χ1v) is 6.11. The molecule has 1 unspecified atom stereocenters. The van der Waals surface area contributed by atoms with Crippen molar-refractivity contribution >= 4 is 17.5 Å². The first-order chi connectivity index (χ1) is 7.19. The molecule has 1 rings (SSSR count). The van der Waals surface area contributed by atoms with E-state index in [0.717, 1.165) is 25.9 Å². The fourth-order valence-corrected chi connectivity index (χ4v) is 2.11. The second kappa shape index (κ2) is 6.31. The molecule has 88 valence electrons. The van der Waals surface area contributed by atoms with Gasteiger partial charge in [-0.2, -0.15) is 0 Å². The van der Waals surface area contributed by atoms with Crippen molar-refractivity contribution in [2.24, 2.45) is 5.92 Å². The van der Waals surface area contributed by atoms with Gasteiger partial charge in [0.2, 0.25) is 5.91 Å². The second-order valence-corrected chi connectivity index (χ2v) is 4.65. The maximum atomic E-state index is 12.1. The number of hydrogen-bond donors (Lipinski definition) is 0. The van der Waals surface area contributed by atoms with Gasteiger partial charge in [-0.3, -0.25) is 9.18 Å². The van der Waals surface area contributed by atoms with Crippen LogP contribution >= 0.6 is 11.6 Å². The molecule has 0 aromatic rings. The summed E-state index contributed by atoms with van der Waals surface area (Å²) >= 11 is 5.90. The molecule has 1 saturated heterocycles. The molecular formula is C11H19ClFNO. The molecule has 1 fully saturated rings. The summed E-state index contributed by atoms with van der Waals surface area (Å²) in [6.45, 7) is 3.15. The molecule has 4 heteroatoms. The van der Waals surface area contributed by atoms with E-state index in [2.05, 4.69) is 0 Å². The minimum atomic E-state index is -0.386. The van der Waals surface area contributed by atoms with Gasteiger partial charge in [0.05, 0.1) is 6.67 Å². The van der Waals surface area contributed by atoms with Gasteiger partial charge in [0.1, 0.15) is 5.38 Å². The number of nitrogens with zero attached hydrogens (tertiary/aromatic N) is 1. The van der Waals surface area contributed by atoms with Crippen molar-refractivity contribution in [1.82, 2.24) is 4.90 Å². The maximum Gasteiger partial charge on any atom is 0.240 e. The summed E-state index contributed by atoms with van der Waals surface area (Å²) in [6, 6.07) is 0. The standard InChI is InChI=1S/C11H19ClFNO/c1-2-10(12)11(15)14-7-4-9(3-6-13)5-8-14/h9-10H,2-8H2,1H3. The smallest absolute Gasteiger partial charge is 0.240 e. The summed E-state index contributed by atoms with van der Waals surface area (Å²) < 4.78 is 12.1. The third-order valence-electron chi connectivity index (χ3n) is 3.07. The van der Waals surface area contributed by atoms with Gasteiger partial charge in [-0.1, -0.05) is 6.92 Å². The van der Waals surface area contributed by atoms with Gasteiger partial charge in [0.15, 0.2) is 0 Å². The van der Waals surface area contributed by atoms with Gasteiger partial charge in [-0.15, -0.1) is 11.6 Å². The molecule has 1 amide bonds. The predicted molar refractivity (Wildman–Crippen MR) is 59.8 cm³/mol. The van der Waals surface area contributed by atoms with Crippen LogP contribution in [0.2, 0.25) is 0 Å². The largest absolute Gasteiger partial charge is 0.341 e. The molecule has 1 atom stereocenters. The molecule has 2 nitrogen and oxygen atoms in total. The molecular weight excluding hydrogens is 217 g/mol. The molecule has 0 aliphatic carbocycles. The van der Waals surface area contributed by atoms with E-state index in [9.17, 15) is 9.18 Å². The van der Waals surface area contributed by atoms with E-state index in [-0.39, 0.29) is 18.0 Å². The molecule has 1 heterocycles. The monoisotopic (exact) mass is 235 g/mol. The van der Waals surface area contributed by atoms with Crippen LogP contribution in [0.3, 0.4) is 0 Å². The number of hydrogen-bond acceptors (Lipinski definition) is 1. The Morgan fingerprint density at radius 3 is 2.60 bits per heavy atom. The lowest BCUT2D eigenvalue weighted by Gasteiger charge is -2.32. The fourth-order valence-electron chi connectivity index (χ4n) is 1.97. The third kappa shape index (κ3) is 3.63. The van der Waals surface area contributed by atoms with Crippen LogP contribution in [0.25, 0.3) is 0 Å². The molecule has 0 spiro atoms. The van der Waals surface area contributed by atoms with Crippen LogP contribution in [0.15, 0.2) is 0 Å². The number of amides is 1. The van der Waals surface area contributed by atoms with E-state index < -0.39 is 0 Å². The Morgan fingerprint density at radius 1 is 1.53 bits per heavy atom. The summed E-state index contributed by atoms with van der Waals surface area (Å²) in [4.78, 5) is 13.5. The number of piperidine rings is 1. The topological polar surface area (TPSA) is 20.3 Å². The zero-order chi connectivity index (χ0) is 11.3. The van der Waals surface area contributed by atoms with Crippen LogP contribution in [0, 0.1) is 5.92 Å². The first kappa shape index (κ1) is 12.8. The average Bonchev–Trinajstić information content (AvgIpc) is 2.28. The van der Waals surface area contributed by atoms with Gasteiger partial charge in [0, 0.05) is 13.1 Å². The zero-order valence-corrected chi connectivity index (χ0v) is 9.97. The highest BCUT2D eigenvalue weighted by Crippen LogP contribution is 2.21. The van der Waals surface area contributed by atoms with Crippen molar-refractivity contribution in [3.63, 3.8) is 0 Å². The lowest BCUT2D eigenvalue weighted by atomic mass is 9.94. The van der Waals surface area contributed by atoms with Crippen molar-refractivity contribution in [2.45, 2.75) is 38.0 Å². The van der Waals surface area contributed by atoms with Crippen LogP contribution in [0.4, 0.5) is 4.39 Å². The van der Waals surface area contributed by atoms with Gasteiger partial charge in [-0.05, 0) is 31.6 Å². The number of carbonyl (C=O) groups excluding carboxylic acids is 1. The summed E-state index contributed by atoms with van der Waals surface area (Å²) in [5.41, 5.74) is 0. The van der Waals surface area contributed by atoms with Crippen molar-refractivity contribution in [3.05, 3.63) is 0 Å². The molecule has 0 aromatic heterocycles. The Kier molecular flexibility index (Phi) is 5.37. The molecule has 0 radical (unpaired) electrons. The second-order valence-electron chi connectivity index (χ2n) is 4.12. The Hall–Kier alpha value is -0.310. The average molecular weight is 236 g/mol. The molecule has 0 aromatic carbocycles. The highest BCUT2D eigenvalue weighted by molar-refractivity contribution is 6.30. The number of rotatable bonds is 4. The van der Waals surface area contributed by atoms with E-state index in [1.807, 2.05) is 11.8 Å². The minimum Gasteiger partial charge on any atom is -0.341 e. The first-order valence-electron chi connectivity index (χ1n) is 5.67. The number of likely N-dealkylation sites (tertiary alicyclic amines) is 1. The zero-order valence-electron chi connectivity index (χ0n) is 9.22. The summed E-state index contributed by atoms with van der Waals surface area (Å²) in [5.74, 6) is 0.493. The summed E-state index contributed by atoms with van der Waals surface area (Å²) in [6.07, 6.45) is 3.15. The predicted octanol–water partition coefficient (Wildman–Crippen LogP) is 2.60. The normalized spacial score (nSPS) is 20.3. The SMILES string of the molecule is CCC(Cl)C(=O)N1CCC(CCF)CC1. The van der Waals surface area contributed by atoms with E-state index in [4.69, 9.17) is 11.6 Å². The minimum absolute atomic E-state index is 0.0397. The highest BCUT2D eigenvalue weighted by atomic mass is 35.5. The molecule has 15 heavy (non-hydrogen) atoms. The van der Waals surface area contributed by atoms with E-state index >= 15 is 0 Å². The van der Waals surface area contributed by atoms with Gasteiger partial charge < -0.3 is 4.90 Å². The van der Waals surface area contributed by atoms with Crippen LogP contribution in [0.1, 0.15) is 32.6 Å². The molecule has 1 aliphatic rings. The van der Waals surface area contributed by atoms with E-state index in [0.29, 0.717) is 18.8 Å². The van der Waals surface area contributed by atoms with Crippen LogP contribution in [-0.4, -0.2) is 35.9 Å². The molecule has 1 aliphatic heterocycles. The Morgan fingerprint density at radius 2 is 2.13 bits per heavy atom. The van der Waals surface area contributed by atoms with Crippen molar-refractivity contribution < 1.29 is 9.18 Å². The van der Waals surface area contributed by atoms with Crippen molar-refractivity contribution in [3.8, 4) is 0 Å². The van der Waals surface area contributed by atoms with Gasteiger partial charge in [0.25, 0.3) is 0 Å². The lowest BCUT2D eigenvalue weighted by Crippen LogP contribution is -2.42. The number of carbonyl (C=O) groups is 1. The van der Waals surface area contributed by atoms with E-state index in [1.54, 1.807) is 0 Å². The quantitative estimate of drug-likeness (QED) is 0.686. The van der Waals surface area contributed by atoms with E-state index in [1.165, 1.54) is 0 Å². The van der Waals surface area contributed by atoms with Crippen LogP contribution < -0.4 is 0 Å². The molecule has 0 N–H and O–H groups in total. The maximum absolute atomic E-state index is 12.1. The number of halogens is 2. The summed E-state index contributed by atoms with van der Waals surface area (Å²) in [7, 11) is 0. The fraction of sp³-hybridized carbons (Fsp3) is 0.909. The Labute approximate surface area is 95.8 Å². The number of alkyl halides is 2. The Balaban J connectivity index is 2.33. The van der Waals surface area contributed by atoms with Gasteiger partial charge >= 0.3 is 0 Å². The molecule has 0 saturated carbocycles. The van der Waals surface area contributed by atoms with Crippen molar-refractivity contribution in [2.75, 3.05) is 19.8 Å². The highest BCUT2D eigenvalue weighted by Gasteiger charge is 2.25.